The van der Waals surface area contributed by atoms with E-state index in [2.05, 4.69) is 0 Å². The van der Waals surface area contributed by atoms with Crippen LogP contribution in [-0.2, 0) is 19.1 Å². The Kier molecular flexibility index (Phi) is 4.79. The van der Waals surface area contributed by atoms with E-state index < -0.39 is 24.4 Å². The summed E-state index contributed by atoms with van der Waals surface area (Å²) >= 11 is 0. The molecule has 0 spiro atoms. The van der Waals surface area contributed by atoms with Crippen LogP contribution in [0.15, 0.2) is 24.8 Å². The Bertz CT molecular complexity index is 449. The molecule has 8 nitrogen and oxygen atoms in total. The maximum Gasteiger partial charge on any atom is 0.419 e. The van der Waals surface area contributed by atoms with Crippen molar-refractivity contribution < 1.29 is 19.1 Å². The van der Waals surface area contributed by atoms with Crippen LogP contribution in [0.4, 0.5) is 0 Å². The van der Waals surface area contributed by atoms with Gasteiger partial charge >= 0.3 is 11.9 Å². The van der Waals surface area contributed by atoms with Crippen molar-refractivity contribution in [3.63, 3.8) is 0 Å². The predicted molar refractivity (Wildman–Crippen MR) is 78.3 cm³/mol. The summed E-state index contributed by atoms with van der Waals surface area (Å²) in [5, 5.41) is 0. The van der Waals surface area contributed by atoms with E-state index in [1.165, 1.54) is 0 Å². The van der Waals surface area contributed by atoms with Crippen molar-refractivity contribution in [1.29, 1.82) is 0 Å². The van der Waals surface area contributed by atoms with Crippen LogP contribution < -0.4 is 0 Å². The first-order valence-electron chi connectivity index (χ1n) is 7.07. The number of hydrogen-bond acceptors (Lipinski definition) is 8. The minimum atomic E-state index is -0.987. The molecule has 0 bridgehead atoms. The zero-order valence-corrected chi connectivity index (χ0v) is 13.3. The second-order valence-electron chi connectivity index (χ2n) is 5.43. The number of carbonyl (C=O) groups excluding carboxylic acids is 2. The molecule has 2 rings (SSSR count). The van der Waals surface area contributed by atoms with Gasteiger partial charge in [0.2, 0.25) is 0 Å². The van der Waals surface area contributed by atoms with Gasteiger partial charge < -0.3 is 29.1 Å². The van der Waals surface area contributed by atoms with Crippen LogP contribution in [0, 0.1) is 0 Å². The molecule has 0 aromatic rings. The molecule has 2 heterocycles. The molecule has 0 amide bonds. The lowest BCUT2D eigenvalue weighted by Gasteiger charge is -2.26. The predicted octanol–water partition coefficient (Wildman–Crippen LogP) is 0.117. The Balaban J connectivity index is 1.78. The Labute approximate surface area is 130 Å². The monoisotopic (exact) mass is 310 g/mol. The number of hydrogen-bond donors (Lipinski definition) is 0. The van der Waals surface area contributed by atoms with Crippen LogP contribution in [0.3, 0.4) is 0 Å². The van der Waals surface area contributed by atoms with Crippen molar-refractivity contribution in [2.45, 2.75) is 26.3 Å². The average Bonchev–Trinajstić information content (AvgIpc) is 3.07. The third kappa shape index (κ3) is 3.84. The molecule has 8 heteroatoms. The van der Waals surface area contributed by atoms with Gasteiger partial charge in [-0.2, -0.15) is 0 Å². The second kappa shape index (κ2) is 6.59. The number of ether oxygens (including phenoxy) is 2. The number of nitrogens with zero attached hydrogens (tertiary/aromatic N) is 4. The first-order valence-corrected chi connectivity index (χ1v) is 7.07. The van der Waals surface area contributed by atoms with Crippen LogP contribution >= 0.6 is 0 Å². The third-order valence-electron chi connectivity index (χ3n) is 3.45. The largest absolute Gasteiger partial charge is 0.433 e. The van der Waals surface area contributed by atoms with Crippen LogP contribution in [0.5, 0.6) is 0 Å². The lowest BCUT2D eigenvalue weighted by Crippen LogP contribution is -2.39. The summed E-state index contributed by atoms with van der Waals surface area (Å²) in [7, 11) is 3.81. The number of carbonyl (C=O) groups is 2. The van der Waals surface area contributed by atoms with Crippen molar-refractivity contribution in [3.05, 3.63) is 24.8 Å². The Morgan fingerprint density at radius 3 is 1.45 bits per heavy atom. The molecule has 0 saturated carbocycles. The SMILES string of the molecule is CC(OC(=O)C(=O)OC(C)N1C=CN(C)C1)N1C=CN(C)C1. The minimum Gasteiger partial charge on any atom is -0.433 e. The van der Waals surface area contributed by atoms with E-state index in [9.17, 15) is 9.59 Å². The van der Waals surface area contributed by atoms with Crippen molar-refractivity contribution in [3.8, 4) is 0 Å². The van der Waals surface area contributed by atoms with Crippen molar-refractivity contribution in [1.82, 2.24) is 19.6 Å². The molecule has 0 radical (unpaired) electrons. The highest BCUT2D eigenvalue weighted by Crippen LogP contribution is 2.12. The van der Waals surface area contributed by atoms with Gasteiger partial charge in [-0.25, -0.2) is 9.59 Å². The summed E-state index contributed by atoms with van der Waals surface area (Å²) in [6.07, 6.45) is 6.26. The molecule has 2 aliphatic rings. The summed E-state index contributed by atoms with van der Waals surface area (Å²) in [5.74, 6) is -1.97. The fraction of sp³-hybridized carbons (Fsp3) is 0.571. The fourth-order valence-electron chi connectivity index (χ4n) is 2.12. The summed E-state index contributed by atoms with van der Waals surface area (Å²) < 4.78 is 10.2. The topological polar surface area (TPSA) is 65.6 Å². The molecule has 2 unspecified atom stereocenters. The van der Waals surface area contributed by atoms with E-state index in [0.29, 0.717) is 13.3 Å². The van der Waals surface area contributed by atoms with E-state index in [-0.39, 0.29) is 0 Å². The molecular formula is C14H22N4O4. The average molecular weight is 310 g/mol. The molecule has 0 fully saturated rings. The Morgan fingerprint density at radius 1 is 0.818 bits per heavy atom. The van der Waals surface area contributed by atoms with Crippen molar-refractivity contribution >= 4 is 11.9 Å². The first-order chi connectivity index (χ1) is 10.4. The van der Waals surface area contributed by atoms with Crippen LogP contribution in [0.1, 0.15) is 13.8 Å². The molecule has 0 aliphatic carbocycles. The third-order valence-corrected chi connectivity index (χ3v) is 3.45. The van der Waals surface area contributed by atoms with Gasteiger partial charge in [0.05, 0.1) is 13.3 Å². The maximum atomic E-state index is 11.8. The smallest absolute Gasteiger partial charge is 0.419 e. The summed E-state index contributed by atoms with van der Waals surface area (Å²) in [6, 6.07) is 0. The van der Waals surface area contributed by atoms with Crippen molar-refractivity contribution in [2.24, 2.45) is 0 Å². The maximum absolute atomic E-state index is 11.8. The highest BCUT2D eigenvalue weighted by molar-refractivity contribution is 6.29. The van der Waals surface area contributed by atoms with Crippen molar-refractivity contribution in [2.75, 3.05) is 27.4 Å². The molecule has 122 valence electrons. The van der Waals surface area contributed by atoms with E-state index in [4.69, 9.17) is 9.47 Å². The van der Waals surface area contributed by atoms with E-state index in [1.54, 1.807) is 36.0 Å². The van der Waals surface area contributed by atoms with Crippen LogP contribution in [0.25, 0.3) is 0 Å². The molecule has 0 aromatic carbocycles. The molecular weight excluding hydrogens is 288 g/mol. The molecule has 0 aromatic heterocycles. The Hall–Kier alpha value is -2.38. The molecule has 0 N–H and O–H groups in total. The van der Waals surface area contributed by atoms with Gasteiger partial charge in [-0.3, -0.25) is 0 Å². The lowest BCUT2D eigenvalue weighted by molar-refractivity contribution is -0.181. The standard InChI is InChI=1S/C14H22N4O4/c1-11(17-7-5-15(3)9-17)21-13(19)14(20)22-12(2)18-8-6-16(4)10-18/h5-8,11-12H,9-10H2,1-4H3. The normalized spacial score (nSPS) is 19.6. The number of esters is 2. The van der Waals surface area contributed by atoms with Gasteiger partial charge in [0.25, 0.3) is 0 Å². The van der Waals surface area contributed by atoms with E-state index in [1.807, 2.05) is 36.3 Å². The highest BCUT2D eigenvalue weighted by Gasteiger charge is 2.27. The second-order valence-corrected chi connectivity index (χ2v) is 5.43. The highest BCUT2D eigenvalue weighted by atomic mass is 16.6. The van der Waals surface area contributed by atoms with Gasteiger partial charge in [-0.1, -0.05) is 0 Å². The van der Waals surface area contributed by atoms with Crippen LogP contribution in [0.2, 0.25) is 0 Å². The van der Waals surface area contributed by atoms with Gasteiger partial charge in [-0.15, -0.1) is 0 Å². The lowest BCUT2D eigenvalue weighted by atomic mass is 10.5. The molecule has 2 aliphatic heterocycles. The van der Waals surface area contributed by atoms with Crippen LogP contribution in [-0.4, -0.2) is 71.4 Å². The summed E-state index contributed by atoms with van der Waals surface area (Å²) in [4.78, 5) is 31.1. The molecule has 2 atom stereocenters. The summed E-state index contributed by atoms with van der Waals surface area (Å²) in [5.41, 5.74) is 0. The van der Waals surface area contributed by atoms with Gasteiger partial charge in [-0.05, 0) is 13.8 Å². The quantitative estimate of drug-likeness (QED) is 0.536. The fourth-order valence-corrected chi connectivity index (χ4v) is 2.12. The number of rotatable bonds is 4. The minimum absolute atomic E-state index is 0.533. The molecule has 0 saturated heterocycles. The zero-order valence-electron chi connectivity index (χ0n) is 13.3. The van der Waals surface area contributed by atoms with Gasteiger partial charge in [0.1, 0.15) is 0 Å². The molecule has 22 heavy (non-hydrogen) atoms. The van der Waals surface area contributed by atoms with Gasteiger partial charge in [0.15, 0.2) is 12.5 Å². The van der Waals surface area contributed by atoms with Gasteiger partial charge in [0, 0.05) is 38.9 Å². The zero-order chi connectivity index (χ0) is 16.3. The first kappa shape index (κ1) is 16.0. The van der Waals surface area contributed by atoms with E-state index in [0.717, 1.165) is 0 Å². The van der Waals surface area contributed by atoms with E-state index >= 15 is 0 Å². The summed E-state index contributed by atoms with van der Waals surface area (Å²) in [6.45, 7) is 4.61. The Morgan fingerprint density at radius 2 is 1.18 bits per heavy atom.